The van der Waals surface area contributed by atoms with Gasteiger partial charge in [0.2, 0.25) is 10.0 Å². The summed E-state index contributed by atoms with van der Waals surface area (Å²) in [6.45, 7) is -0.202. The van der Waals surface area contributed by atoms with Gasteiger partial charge < -0.3 is 9.30 Å². The second-order valence-electron chi connectivity index (χ2n) is 5.65. The zero-order valence-electron chi connectivity index (χ0n) is 14.5. The van der Waals surface area contributed by atoms with Crippen molar-refractivity contribution in [2.75, 3.05) is 7.11 Å². The van der Waals surface area contributed by atoms with Crippen LogP contribution in [0.5, 0.6) is 0 Å². The highest BCUT2D eigenvalue weighted by molar-refractivity contribution is 7.89. The van der Waals surface area contributed by atoms with Crippen LogP contribution < -0.4 is 9.94 Å². The van der Waals surface area contributed by atoms with Crippen molar-refractivity contribution in [2.24, 2.45) is 10.1 Å². The van der Waals surface area contributed by atoms with Crippen LogP contribution in [0.2, 0.25) is 5.02 Å². The Morgan fingerprint density at radius 3 is 2.64 bits per heavy atom. The zero-order chi connectivity index (χ0) is 20.5. The standard InChI is InChI=1S/C17H14ClN3O5S2/c1-26-15(22)9-21-13-6-5-12(28(19,24)25)8-14(13)27-17(21)20-16(23)10-3-2-4-11(18)7-10/h2-8H,9H2,1H3,(H2,19,24,25). The van der Waals surface area contributed by atoms with E-state index in [9.17, 15) is 18.0 Å². The number of nitrogens with zero attached hydrogens (tertiary/aromatic N) is 2. The first-order valence-electron chi connectivity index (χ1n) is 7.76. The second-order valence-corrected chi connectivity index (χ2v) is 8.66. The van der Waals surface area contributed by atoms with Gasteiger partial charge >= 0.3 is 5.97 Å². The molecule has 0 atom stereocenters. The number of hydrogen-bond donors (Lipinski definition) is 1. The molecule has 0 spiro atoms. The van der Waals surface area contributed by atoms with E-state index in [-0.39, 0.29) is 21.8 Å². The summed E-state index contributed by atoms with van der Waals surface area (Å²) in [5.41, 5.74) is 0.792. The number of thiazole rings is 1. The lowest BCUT2D eigenvalue weighted by Crippen LogP contribution is -2.22. The van der Waals surface area contributed by atoms with Gasteiger partial charge in [0.05, 0.1) is 22.2 Å². The van der Waals surface area contributed by atoms with E-state index in [4.69, 9.17) is 21.5 Å². The van der Waals surface area contributed by atoms with Gasteiger partial charge in [-0.3, -0.25) is 9.59 Å². The highest BCUT2D eigenvalue weighted by atomic mass is 35.5. The quantitative estimate of drug-likeness (QED) is 0.622. The number of ether oxygens (including phenoxy) is 1. The first-order chi connectivity index (χ1) is 13.2. The molecule has 0 aliphatic carbocycles. The lowest BCUT2D eigenvalue weighted by Gasteiger charge is -2.04. The van der Waals surface area contributed by atoms with E-state index in [1.165, 1.54) is 35.9 Å². The normalized spacial score (nSPS) is 12.3. The molecule has 1 heterocycles. The molecular formula is C17H14ClN3O5S2. The van der Waals surface area contributed by atoms with Crippen molar-refractivity contribution in [3.05, 3.63) is 57.9 Å². The van der Waals surface area contributed by atoms with Gasteiger partial charge in [-0.2, -0.15) is 4.99 Å². The molecule has 0 radical (unpaired) electrons. The topological polar surface area (TPSA) is 121 Å². The van der Waals surface area contributed by atoms with E-state index >= 15 is 0 Å². The minimum Gasteiger partial charge on any atom is -0.468 e. The fourth-order valence-electron chi connectivity index (χ4n) is 2.44. The summed E-state index contributed by atoms with van der Waals surface area (Å²) in [5, 5.41) is 5.56. The van der Waals surface area contributed by atoms with Crippen LogP contribution >= 0.6 is 22.9 Å². The highest BCUT2D eigenvalue weighted by Gasteiger charge is 2.15. The number of aromatic nitrogens is 1. The molecule has 1 aromatic heterocycles. The molecule has 0 aliphatic rings. The molecule has 2 N–H and O–H groups in total. The fourth-order valence-corrected chi connectivity index (χ4v) is 4.31. The molecule has 0 bridgehead atoms. The molecular weight excluding hydrogens is 426 g/mol. The lowest BCUT2D eigenvalue weighted by molar-refractivity contribution is -0.141. The summed E-state index contributed by atoms with van der Waals surface area (Å²) in [7, 11) is -2.66. The second kappa shape index (κ2) is 7.84. The predicted molar refractivity (Wildman–Crippen MR) is 105 cm³/mol. The van der Waals surface area contributed by atoms with E-state index in [0.717, 1.165) is 11.3 Å². The van der Waals surface area contributed by atoms with Gasteiger partial charge in [-0.05, 0) is 36.4 Å². The number of fused-ring (bicyclic) bond motifs is 1. The Bertz CT molecular complexity index is 1260. The molecule has 11 heteroatoms. The molecule has 2 aromatic carbocycles. The first-order valence-corrected chi connectivity index (χ1v) is 10.5. The molecule has 0 fully saturated rings. The van der Waals surface area contributed by atoms with Gasteiger partial charge in [-0.15, -0.1) is 0 Å². The SMILES string of the molecule is COC(=O)Cn1c(=NC(=O)c2cccc(Cl)c2)sc2cc(S(N)(=O)=O)ccc21. The maximum Gasteiger partial charge on any atom is 0.325 e. The molecule has 0 saturated heterocycles. The van der Waals surface area contributed by atoms with Crippen LogP contribution in [-0.4, -0.2) is 32.0 Å². The summed E-state index contributed by atoms with van der Waals surface area (Å²) in [5.74, 6) is -1.11. The van der Waals surface area contributed by atoms with E-state index in [2.05, 4.69) is 4.99 Å². The molecule has 8 nitrogen and oxygen atoms in total. The average molecular weight is 440 g/mol. The van der Waals surface area contributed by atoms with Crippen molar-refractivity contribution in [3.8, 4) is 0 Å². The maximum atomic E-state index is 12.5. The van der Waals surface area contributed by atoms with E-state index in [0.29, 0.717) is 15.2 Å². The minimum absolute atomic E-state index is 0.0841. The summed E-state index contributed by atoms with van der Waals surface area (Å²) in [6, 6.07) is 10.5. The Kier molecular flexibility index (Phi) is 5.66. The number of methoxy groups -OCH3 is 1. The molecule has 28 heavy (non-hydrogen) atoms. The van der Waals surface area contributed by atoms with Crippen LogP contribution in [0.25, 0.3) is 10.2 Å². The summed E-state index contributed by atoms with van der Waals surface area (Å²) in [4.78, 5) is 28.5. The number of carbonyl (C=O) groups is 2. The third-order valence-corrected chi connectivity index (χ3v) is 5.95. The number of benzene rings is 2. The molecule has 0 saturated carbocycles. The van der Waals surface area contributed by atoms with Gasteiger partial charge in [-0.25, -0.2) is 13.6 Å². The Morgan fingerprint density at radius 2 is 2.00 bits per heavy atom. The van der Waals surface area contributed by atoms with Crippen LogP contribution in [0, 0.1) is 0 Å². The van der Waals surface area contributed by atoms with Gasteiger partial charge in [0.1, 0.15) is 6.54 Å². The Balaban J connectivity index is 2.20. The van der Waals surface area contributed by atoms with E-state index in [1.807, 2.05) is 0 Å². The Morgan fingerprint density at radius 1 is 1.25 bits per heavy atom. The highest BCUT2D eigenvalue weighted by Crippen LogP contribution is 2.21. The van der Waals surface area contributed by atoms with Crippen molar-refractivity contribution >= 4 is 55.1 Å². The first kappa shape index (κ1) is 20.2. The number of amides is 1. The minimum atomic E-state index is -3.90. The molecule has 1 amide bonds. The Hall–Kier alpha value is -2.53. The molecule has 3 rings (SSSR count). The van der Waals surface area contributed by atoms with Crippen molar-refractivity contribution < 1.29 is 22.7 Å². The van der Waals surface area contributed by atoms with Crippen LogP contribution in [0.4, 0.5) is 0 Å². The number of hydrogen-bond acceptors (Lipinski definition) is 6. The number of rotatable bonds is 4. The zero-order valence-corrected chi connectivity index (χ0v) is 16.8. The van der Waals surface area contributed by atoms with Gasteiger partial charge in [0.15, 0.2) is 4.80 Å². The largest absolute Gasteiger partial charge is 0.468 e. The van der Waals surface area contributed by atoms with Gasteiger partial charge in [0.25, 0.3) is 5.91 Å². The smallest absolute Gasteiger partial charge is 0.325 e. The van der Waals surface area contributed by atoms with Crippen molar-refractivity contribution in [1.29, 1.82) is 0 Å². The van der Waals surface area contributed by atoms with Crippen LogP contribution in [0.15, 0.2) is 52.4 Å². The summed E-state index contributed by atoms with van der Waals surface area (Å²) >= 11 is 6.96. The Labute approximate surface area is 168 Å². The van der Waals surface area contributed by atoms with Gasteiger partial charge in [0, 0.05) is 10.6 Å². The number of primary sulfonamides is 1. The number of nitrogens with two attached hydrogens (primary N) is 1. The van der Waals surface area contributed by atoms with Crippen LogP contribution in [0.3, 0.4) is 0 Å². The maximum absolute atomic E-state index is 12.5. The molecule has 3 aromatic rings. The number of carbonyl (C=O) groups excluding carboxylic acids is 2. The molecule has 146 valence electrons. The predicted octanol–water partition coefficient (Wildman–Crippen LogP) is 1.92. The number of sulfonamides is 1. The van der Waals surface area contributed by atoms with Crippen molar-refractivity contribution in [3.63, 3.8) is 0 Å². The van der Waals surface area contributed by atoms with Gasteiger partial charge in [-0.1, -0.05) is 29.0 Å². The van der Waals surface area contributed by atoms with E-state index < -0.39 is 21.9 Å². The summed E-state index contributed by atoms with van der Waals surface area (Å²) < 4.78 is 29.9. The number of esters is 1. The fraction of sp³-hybridized carbons (Fsp3) is 0.118. The average Bonchev–Trinajstić information content (AvgIpc) is 2.97. The monoisotopic (exact) mass is 439 g/mol. The summed E-state index contributed by atoms with van der Waals surface area (Å²) in [6.07, 6.45) is 0. The molecule has 0 unspecified atom stereocenters. The van der Waals surface area contributed by atoms with Crippen LogP contribution in [-0.2, 0) is 26.1 Å². The third-order valence-electron chi connectivity index (χ3n) is 3.77. The number of halogens is 1. The lowest BCUT2D eigenvalue weighted by atomic mass is 10.2. The van der Waals surface area contributed by atoms with Crippen molar-refractivity contribution in [2.45, 2.75) is 11.4 Å². The molecule has 0 aliphatic heterocycles. The van der Waals surface area contributed by atoms with E-state index in [1.54, 1.807) is 18.2 Å². The third kappa shape index (κ3) is 4.30. The van der Waals surface area contributed by atoms with Crippen LogP contribution in [0.1, 0.15) is 10.4 Å². The van der Waals surface area contributed by atoms with Crippen molar-refractivity contribution in [1.82, 2.24) is 4.57 Å².